The molecular formula is C62H66N8O6. The van der Waals surface area contributed by atoms with Crippen LogP contribution in [0.2, 0.25) is 0 Å². The third-order valence-corrected chi connectivity index (χ3v) is 16.5. The molecule has 0 spiro atoms. The number of hydrogen-bond donors (Lipinski definition) is 4. The highest BCUT2D eigenvalue weighted by molar-refractivity contribution is 5.91. The van der Waals surface area contributed by atoms with E-state index in [-0.39, 0.29) is 34.7 Å². The van der Waals surface area contributed by atoms with Gasteiger partial charge in [0, 0.05) is 24.2 Å². The Bertz CT molecular complexity index is 3120. The van der Waals surface area contributed by atoms with Crippen LogP contribution >= 0.6 is 0 Å². The van der Waals surface area contributed by atoms with Crippen LogP contribution < -0.4 is 10.6 Å². The summed E-state index contributed by atoms with van der Waals surface area (Å²) in [5, 5.41) is 5.54. The first kappa shape index (κ1) is 50.2. The molecule has 2 fully saturated rings. The number of amides is 4. The number of alkyl carbamates (subject to hydrolysis) is 2. The summed E-state index contributed by atoms with van der Waals surface area (Å²) >= 11 is 0. The molecule has 2 aliphatic heterocycles. The SMILES string of the molecule is COC(=O)NC(C(=O)N1CCC[C@H]1c1ncc(-c2cccc(-c3c4c(c(-c5cccc(-c6cnc([C@@H]7CCCN7C(=O)C(NC(=O)OC)c7ccccc7)[nH]6)c5)c5c3C(C)(C)CC5)C(C)(C)CC4)c2)[nH]1)c1ccccc1. The van der Waals surface area contributed by atoms with Crippen molar-refractivity contribution in [2.45, 2.75) is 114 Å². The Labute approximate surface area is 444 Å². The van der Waals surface area contributed by atoms with Gasteiger partial charge < -0.3 is 39.9 Å². The molecule has 390 valence electrons. The van der Waals surface area contributed by atoms with Crippen molar-refractivity contribution in [2.75, 3.05) is 27.3 Å². The number of benzene rings is 5. The summed E-state index contributed by atoms with van der Waals surface area (Å²) in [6.07, 6.45) is 9.55. The Morgan fingerprint density at radius 1 is 0.566 bits per heavy atom. The molecule has 2 aliphatic carbocycles. The molecule has 7 aromatic rings. The maximum Gasteiger partial charge on any atom is 0.407 e. The molecule has 0 radical (unpaired) electrons. The minimum atomic E-state index is -0.897. The average molecular weight is 1020 g/mol. The molecule has 76 heavy (non-hydrogen) atoms. The molecule has 4 aliphatic rings. The maximum absolute atomic E-state index is 14.3. The third-order valence-electron chi connectivity index (χ3n) is 16.5. The molecule has 2 unspecified atom stereocenters. The molecule has 5 aromatic carbocycles. The molecular weight excluding hydrogens is 953 g/mol. The van der Waals surface area contributed by atoms with E-state index in [0.717, 1.165) is 85.5 Å². The lowest BCUT2D eigenvalue weighted by atomic mass is 9.73. The normalized spacial score (nSPS) is 18.9. The van der Waals surface area contributed by atoms with E-state index in [1.54, 1.807) is 0 Å². The van der Waals surface area contributed by atoms with Crippen molar-refractivity contribution < 1.29 is 28.7 Å². The fourth-order valence-electron chi connectivity index (χ4n) is 12.8. The molecule has 0 bridgehead atoms. The van der Waals surface area contributed by atoms with Crippen molar-refractivity contribution in [3.8, 4) is 44.8 Å². The number of nitrogens with one attached hydrogen (secondary N) is 4. The van der Waals surface area contributed by atoms with E-state index in [0.29, 0.717) is 24.2 Å². The Balaban J connectivity index is 0.909. The van der Waals surface area contributed by atoms with Crippen LogP contribution in [0.5, 0.6) is 0 Å². The summed E-state index contributed by atoms with van der Waals surface area (Å²) in [5.74, 6) is 1.03. The molecule has 2 saturated heterocycles. The lowest BCUT2D eigenvalue weighted by molar-refractivity contribution is -0.135. The highest BCUT2D eigenvalue weighted by Crippen LogP contribution is 2.57. The maximum atomic E-state index is 14.3. The summed E-state index contributed by atoms with van der Waals surface area (Å²) in [5.41, 5.74) is 15.8. The zero-order valence-corrected chi connectivity index (χ0v) is 44.2. The van der Waals surface area contributed by atoms with Crippen molar-refractivity contribution in [1.82, 2.24) is 40.4 Å². The van der Waals surface area contributed by atoms with E-state index in [9.17, 15) is 19.2 Å². The Morgan fingerprint density at radius 3 is 1.36 bits per heavy atom. The fourth-order valence-corrected chi connectivity index (χ4v) is 12.8. The molecule has 11 rings (SSSR count). The first-order chi connectivity index (χ1) is 36.7. The zero-order chi connectivity index (χ0) is 52.9. The number of imidazole rings is 2. The first-order valence-corrected chi connectivity index (χ1v) is 26.7. The number of carbonyl (C=O) groups is 4. The quantitative estimate of drug-likeness (QED) is 0.0935. The number of rotatable bonds is 12. The van der Waals surface area contributed by atoms with E-state index in [2.05, 4.69) is 96.8 Å². The van der Waals surface area contributed by atoms with Crippen molar-refractivity contribution in [3.05, 3.63) is 167 Å². The molecule has 4 amide bonds. The number of methoxy groups -OCH3 is 2. The Hall–Kier alpha value is -8.00. The van der Waals surface area contributed by atoms with Gasteiger partial charge >= 0.3 is 12.2 Å². The van der Waals surface area contributed by atoms with Crippen LogP contribution in [0.1, 0.15) is 135 Å². The minimum absolute atomic E-state index is 0.0798. The van der Waals surface area contributed by atoms with Crippen molar-refractivity contribution in [3.63, 3.8) is 0 Å². The van der Waals surface area contributed by atoms with E-state index in [1.165, 1.54) is 58.7 Å². The second-order valence-corrected chi connectivity index (χ2v) is 22.1. The molecule has 4 heterocycles. The van der Waals surface area contributed by atoms with Gasteiger partial charge in [-0.1, -0.05) is 125 Å². The van der Waals surface area contributed by atoms with Gasteiger partial charge in [0.25, 0.3) is 11.8 Å². The number of aromatic amines is 2. The van der Waals surface area contributed by atoms with Gasteiger partial charge in [0.1, 0.15) is 23.7 Å². The molecule has 4 N–H and O–H groups in total. The first-order valence-electron chi connectivity index (χ1n) is 26.7. The Kier molecular flexibility index (Phi) is 13.4. The minimum Gasteiger partial charge on any atom is -0.453 e. The van der Waals surface area contributed by atoms with Crippen LogP contribution in [-0.4, -0.2) is 81.0 Å². The van der Waals surface area contributed by atoms with E-state index < -0.39 is 24.3 Å². The topological polar surface area (TPSA) is 175 Å². The highest BCUT2D eigenvalue weighted by Gasteiger charge is 2.44. The number of likely N-dealkylation sites (tertiary alicyclic amines) is 2. The number of ether oxygens (including phenoxy) is 2. The molecule has 0 saturated carbocycles. The second kappa shape index (κ2) is 20.3. The number of carbonyl (C=O) groups excluding carboxylic acids is 4. The predicted octanol–water partition coefficient (Wildman–Crippen LogP) is 11.8. The molecule has 2 aromatic heterocycles. The number of fused-ring (bicyclic) bond motifs is 2. The molecule has 14 heteroatoms. The summed E-state index contributed by atoms with van der Waals surface area (Å²) in [7, 11) is 2.60. The number of hydrogen-bond acceptors (Lipinski definition) is 8. The lowest BCUT2D eigenvalue weighted by Gasteiger charge is -2.31. The van der Waals surface area contributed by atoms with Gasteiger partial charge in [-0.15, -0.1) is 0 Å². The van der Waals surface area contributed by atoms with Crippen LogP contribution in [0.4, 0.5) is 9.59 Å². The highest BCUT2D eigenvalue weighted by atomic mass is 16.5. The second-order valence-electron chi connectivity index (χ2n) is 22.1. The van der Waals surface area contributed by atoms with Crippen molar-refractivity contribution in [1.29, 1.82) is 0 Å². The van der Waals surface area contributed by atoms with Gasteiger partial charge in [0.2, 0.25) is 0 Å². The van der Waals surface area contributed by atoms with Gasteiger partial charge in [0.15, 0.2) is 0 Å². The number of H-pyrrole nitrogens is 2. The monoisotopic (exact) mass is 1020 g/mol. The van der Waals surface area contributed by atoms with Crippen LogP contribution in [0.15, 0.2) is 122 Å². The Morgan fingerprint density at radius 2 is 0.961 bits per heavy atom. The largest absolute Gasteiger partial charge is 0.453 e. The smallest absolute Gasteiger partial charge is 0.407 e. The van der Waals surface area contributed by atoms with Gasteiger partial charge in [-0.3, -0.25) is 9.59 Å². The number of nitrogens with zero attached hydrogens (tertiary/aromatic N) is 4. The summed E-state index contributed by atoms with van der Waals surface area (Å²) < 4.78 is 9.84. The summed E-state index contributed by atoms with van der Waals surface area (Å²) in [6, 6.07) is 33.9. The predicted molar refractivity (Wildman–Crippen MR) is 292 cm³/mol. The van der Waals surface area contributed by atoms with Crippen LogP contribution in [0, 0.1) is 0 Å². The van der Waals surface area contributed by atoms with Gasteiger partial charge in [-0.25, -0.2) is 19.6 Å². The number of aromatic nitrogens is 4. The van der Waals surface area contributed by atoms with E-state index in [1.807, 2.05) is 82.9 Å². The third kappa shape index (κ3) is 9.21. The van der Waals surface area contributed by atoms with Crippen LogP contribution in [0.25, 0.3) is 44.8 Å². The lowest BCUT2D eigenvalue weighted by Crippen LogP contribution is -2.42. The molecule has 4 atom stereocenters. The van der Waals surface area contributed by atoms with Crippen molar-refractivity contribution >= 4 is 24.0 Å². The summed E-state index contributed by atoms with van der Waals surface area (Å²) in [4.78, 5) is 74.3. The molecule has 14 nitrogen and oxygen atoms in total. The average Bonchev–Trinajstić information content (AvgIpc) is 4.32. The zero-order valence-electron chi connectivity index (χ0n) is 44.2. The van der Waals surface area contributed by atoms with Gasteiger partial charge in [-0.2, -0.15) is 0 Å². The summed E-state index contributed by atoms with van der Waals surface area (Å²) in [6.45, 7) is 10.7. The fraction of sp³-hybridized carbons (Fsp3) is 0.355. The van der Waals surface area contributed by atoms with Gasteiger partial charge in [0.05, 0.1) is 50.1 Å². The van der Waals surface area contributed by atoms with Crippen molar-refractivity contribution in [2.24, 2.45) is 0 Å². The standard InChI is InChI=1S/C62H66N8O6/c1-61(2)29-27-43-50(42-24-14-22-40(34-42)46-36-64-56(66-46)48-26-16-32-70(48)58(72)54(68-60(74)76-6)38-19-11-8-12-20-38)52-44(28-30-62(52,3)4)49(51(43)61)41-23-13-21-39(33-41)45-35-63-55(65-45)47-25-15-31-69(47)57(71)53(67-59(73)75-5)37-17-9-7-10-18-37/h7-14,17-24,33-36,47-48,53-54H,15-16,25-32H2,1-6H3,(H,63,65)(H,64,66)(H,67,73)(H,68,74)/t47-,48-,53?,54?/m0/s1. The van der Waals surface area contributed by atoms with E-state index >= 15 is 0 Å². The van der Waals surface area contributed by atoms with E-state index in [4.69, 9.17) is 19.4 Å². The van der Waals surface area contributed by atoms with Crippen LogP contribution in [-0.2, 0) is 42.7 Å². The van der Waals surface area contributed by atoms with Gasteiger partial charge in [-0.05, 0) is 130 Å². The van der Waals surface area contributed by atoms with Crippen LogP contribution in [0.3, 0.4) is 0 Å².